The third-order valence-corrected chi connectivity index (χ3v) is 1.52. The molecular formula is C6H7NO2W. The van der Waals surface area contributed by atoms with Crippen LogP contribution in [0.25, 0.3) is 0 Å². The van der Waals surface area contributed by atoms with E-state index < -0.39 is 0 Å². The summed E-state index contributed by atoms with van der Waals surface area (Å²) in [5, 5.41) is 11.1. The molecule has 0 unspecified atom stereocenters. The number of hydrogen-bond acceptors (Lipinski definition) is 2. The van der Waals surface area contributed by atoms with Crippen LogP contribution in [0, 0.1) is 0 Å². The predicted molar refractivity (Wildman–Crippen MR) is 35.1 cm³/mol. The van der Waals surface area contributed by atoms with Gasteiger partial charge in [-0.1, -0.05) is 0 Å². The number of hydrogen-bond donors (Lipinski definition) is 2. The molecule has 0 radical (unpaired) electrons. The number of carbonyl (C=O) groups is 1. The van der Waals surface area contributed by atoms with E-state index in [2.05, 4.69) is 5.32 Å². The molecule has 10 heavy (non-hydrogen) atoms. The molecule has 0 fully saturated rings. The second-order valence-electron chi connectivity index (χ2n) is 1.35. The third kappa shape index (κ3) is 5.45. The molecule has 1 amide bonds. The molecule has 0 atom stereocenters. The van der Waals surface area contributed by atoms with E-state index in [1.807, 2.05) is 0 Å². The van der Waals surface area contributed by atoms with Crippen LogP contribution in [0.2, 0.25) is 0 Å². The molecule has 54 valence electrons. The van der Waals surface area contributed by atoms with Gasteiger partial charge in [0.25, 0.3) is 0 Å². The predicted octanol–water partition coefficient (Wildman–Crippen LogP) is 0.0370. The summed E-state index contributed by atoms with van der Waals surface area (Å²) in [6, 6.07) is 0. The van der Waals surface area contributed by atoms with E-state index in [0.717, 1.165) is 0 Å². The zero-order chi connectivity index (χ0) is 7.82. The average molecular weight is 309 g/mol. The Bertz CT molecular complexity index is 175. The van der Waals surface area contributed by atoms with E-state index in [0.29, 0.717) is 6.41 Å². The van der Waals surface area contributed by atoms with E-state index in [1.165, 1.54) is 31.6 Å². The Hall–Kier alpha value is -0.692. The number of allylic oxidation sites excluding steroid dienone is 3. The minimum atomic E-state index is 0.207. The second-order valence-corrected chi connectivity index (χ2v) is 2.20. The van der Waals surface area contributed by atoms with Crippen LogP contribution in [0.1, 0.15) is 0 Å². The van der Waals surface area contributed by atoms with Crippen LogP contribution in [0.5, 0.6) is 0 Å². The van der Waals surface area contributed by atoms with Crippen LogP contribution in [0.3, 0.4) is 0 Å². The van der Waals surface area contributed by atoms with E-state index in [1.54, 1.807) is 10.5 Å². The molecule has 0 saturated carbocycles. The summed E-state index contributed by atoms with van der Waals surface area (Å²) < 4.78 is 1.63. The molecule has 0 spiro atoms. The number of aliphatic hydroxyl groups is 1. The van der Waals surface area contributed by atoms with Gasteiger partial charge in [0.1, 0.15) is 0 Å². The van der Waals surface area contributed by atoms with Crippen molar-refractivity contribution < 1.29 is 29.3 Å². The fourth-order valence-electron chi connectivity index (χ4n) is 0.281. The standard InChI is InChI=1S/C6H7NO2.W/c1-6(9)3-2-4-7-5-8;/h1-5,9H,(H,7,8);. The maximum atomic E-state index is 9.67. The quantitative estimate of drug-likeness (QED) is 0.438. The van der Waals surface area contributed by atoms with Crippen molar-refractivity contribution in [3.63, 3.8) is 0 Å². The van der Waals surface area contributed by atoms with Crippen molar-refractivity contribution in [2.45, 2.75) is 0 Å². The van der Waals surface area contributed by atoms with Gasteiger partial charge in [0.2, 0.25) is 0 Å². The molecule has 2 N–H and O–H groups in total. The summed E-state index contributed by atoms with van der Waals surface area (Å²) in [6.07, 6.45) is 5.02. The number of rotatable bonds is 4. The van der Waals surface area contributed by atoms with Crippen molar-refractivity contribution in [3.8, 4) is 0 Å². The molecule has 0 aromatic rings. The molecule has 0 aromatic heterocycles. The molecule has 3 nitrogen and oxygen atoms in total. The number of nitrogens with one attached hydrogen (secondary N) is 1. The van der Waals surface area contributed by atoms with E-state index in [4.69, 9.17) is 5.11 Å². The summed E-state index contributed by atoms with van der Waals surface area (Å²) in [7, 11) is 0. The van der Waals surface area contributed by atoms with Gasteiger partial charge in [0.05, 0.1) is 0 Å². The summed E-state index contributed by atoms with van der Waals surface area (Å²) in [4.78, 5) is 9.67. The van der Waals surface area contributed by atoms with Gasteiger partial charge in [-0.3, -0.25) is 0 Å². The van der Waals surface area contributed by atoms with Crippen LogP contribution in [-0.2, 0) is 24.1 Å². The molecule has 0 rings (SSSR count). The summed E-state index contributed by atoms with van der Waals surface area (Å²) in [5.41, 5.74) is 0. The fraction of sp³-hybridized carbons (Fsp3) is 0. The summed E-state index contributed by atoms with van der Waals surface area (Å²) >= 11 is 1.18. The third-order valence-electron chi connectivity index (χ3n) is 0.648. The molecule has 0 bridgehead atoms. The van der Waals surface area contributed by atoms with Crippen LogP contribution in [0.15, 0.2) is 24.1 Å². The SMILES string of the molecule is O=CNC=CC=C(O)[CH]=[W]. The van der Waals surface area contributed by atoms with Crippen molar-refractivity contribution in [3.05, 3.63) is 24.1 Å². The first-order valence-corrected chi connectivity index (χ1v) is 4.21. The Balaban J connectivity index is 3.69. The minimum absolute atomic E-state index is 0.207. The Morgan fingerprint density at radius 1 is 1.60 bits per heavy atom. The van der Waals surface area contributed by atoms with Gasteiger partial charge in [0.15, 0.2) is 0 Å². The van der Waals surface area contributed by atoms with Gasteiger partial charge in [-0.15, -0.1) is 0 Å². The van der Waals surface area contributed by atoms with Gasteiger partial charge >= 0.3 is 69.5 Å². The van der Waals surface area contributed by atoms with Gasteiger partial charge in [-0.25, -0.2) is 0 Å². The Morgan fingerprint density at radius 3 is 2.80 bits per heavy atom. The molecule has 0 heterocycles. The average Bonchev–Trinajstić information content (AvgIpc) is 1.98. The van der Waals surface area contributed by atoms with Crippen molar-refractivity contribution in [1.82, 2.24) is 5.32 Å². The maximum absolute atomic E-state index is 9.67. The van der Waals surface area contributed by atoms with Crippen LogP contribution >= 0.6 is 0 Å². The van der Waals surface area contributed by atoms with Crippen LogP contribution in [-0.4, -0.2) is 15.9 Å². The Morgan fingerprint density at radius 2 is 2.30 bits per heavy atom. The first-order chi connectivity index (χ1) is 4.81. The van der Waals surface area contributed by atoms with E-state index >= 15 is 0 Å². The normalized spacial score (nSPS) is 11.4. The molecule has 4 heteroatoms. The van der Waals surface area contributed by atoms with Gasteiger partial charge in [-0.05, 0) is 0 Å². The first kappa shape index (κ1) is 9.31. The van der Waals surface area contributed by atoms with Crippen LogP contribution in [0.4, 0.5) is 0 Å². The molecule has 0 aromatic carbocycles. The Kier molecular flexibility index (Phi) is 5.98. The number of carbonyl (C=O) groups excluding carboxylic acids is 1. The monoisotopic (exact) mass is 309 g/mol. The first-order valence-electron chi connectivity index (χ1n) is 2.52. The van der Waals surface area contributed by atoms with E-state index in [9.17, 15) is 4.79 Å². The number of aliphatic hydroxyl groups excluding tert-OH is 1. The molecule has 0 aliphatic rings. The van der Waals surface area contributed by atoms with Gasteiger partial charge in [0, 0.05) is 0 Å². The van der Waals surface area contributed by atoms with Crippen molar-refractivity contribution >= 4 is 10.8 Å². The zero-order valence-electron chi connectivity index (χ0n) is 5.15. The molecule has 0 aliphatic carbocycles. The Labute approximate surface area is 69.8 Å². The van der Waals surface area contributed by atoms with Crippen LogP contribution < -0.4 is 5.32 Å². The number of amides is 1. The van der Waals surface area contributed by atoms with Crippen molar-refractivity contribution in [1.29, 1.82) is 0 Å². The topological polar surface area (TPSA) is 49.3 Å². The second kappa shape index (κ2) is 6.43. The van der Waals surface area contributed by atoms with Crippen molar-refractivity contribution in [2.24, 2.45) is 0 Å². The fourth-order valence-corrected chi connectivity index (χ4v) is 0.563. The van der Waals surface area contributed by atoms with E-state index in [-0.39, 0.29) is 5.76 Å². The molecular weight excluding hydrogens is 302 g/mol. The van der Waals surface area contributed by atoms with Gasteiger partial charge in [-0.2, -0.15) is 0 Å². The summed E-state index contributed by atoms with van der Waals surface area (Å²) in [5.74, 6) is 0.207. The zero-order valence-corrected chi connectivity index (χ0v) is 8.08. The van der Waals surface area contributed by atoms with Crippen molar-refractivity contribution in [2.75, 3.05) is 0 Å². The van der Waals surface area contributed by atoms with Gasteiger partial charge < -0.3 is 0 Å². The summed E-state index contributed by atoms with van der Waals surface area (Å²) in [6.45, 7) is 0. The molecule has 0 aliphatic heterocycles. The molecule has 0 saturated heterocycles.